The third-order valence-electron chi connectivity index (χ3n) is 5.00. The van der Waals surface area contributed by atoms with Crippen LogP contribution in [0.4, 0.5) is 0 Å². The molecule has 1 aromatic heterocycles. The number of likely N-dealkylation sites (tertiary alicyclic amines) is 1. The van der Waals surface area contributed by atoms with Crippen LogP contribution in [0.5, 0.6) is 0 Å². The fraction of sp³-hybridized carbons (Fsp3) is 0.350. The van der Waals surface area contributed by atoms with Crippen molar-refractivity contribution < 1.29 is 5.11 Å². The van der Waals surface area contributed by atoms with E-state index in [1.165, 1.54) is 12.8 Å². The highest BCUT2D eigenvalue weighted by Gasteiger charge is 2.19. The van der Waals surface area contributed by atoms with Gasteiger partial charge in [-0.1, -0.05) is 18.2 Å². The van der Waals surface area contributed by atoms with Crippen molar-refractivity contribution in [3.8, 4) is 0 Å². The van der Waals surface area contributed by atoms with E-state index in [0.29, 0.717) is 23.9 Å². The molecule has 4 nitrogen and oxygen atoms in total. The molecule has 0 bridgehead atoms. The number of pyridine rings is 1. The van der Waals surface area contributed by atoms with Crippen LogP contribution in [0, 0.1) is 0 Å². The largest absolute Gasteiger partial charge is 0.390 e. The second-order valence-corrected chi connectivity index (χ2v) is 7.61. The molecule has 3 aromatic rings. The van der Waals surface area contributed by atoms with Crippen LogP contribution in [0.1, 0.15) is 12.8 Å². The van der Waals surface area contributed by atoms with Crippen LogP contribution in [-0.4, -0.2) is 40.3 Å². The summed E-state index contributed by atoms with van der Waals surface area (Å²) < 4.78 is 2.96. The molecule has 1 unspecified atom stereocenters. The molecule has 2 aromatic carbocycles. The van der Waals surface area contributed by atoms with Gasteiger partial charge in [-0.15, -0.1) is 0 Å². The van der Waals surface area contributed by atoms with Gasteiger partial charge in [0, 0.05) is 21.8 Å². The SMILES string of the molecule is O=c1c2ccccc2n(CC(O)CN2CCCC2)c2c(Br)cccc12. The average Bonchev–Trinajstić information content (AvgIpc) is 3.11. The predicted molar refractivity (Wildman–Crippen MR) is 105 cm³/mol. The van der Waals surface area contributed by atoms with Gasteiger partial charge in [0.25, 0.3) is 0 Å². The van der Waals surface area contributed by atoms with E-state index in [2.05, 4.69) is 25.4 Å². The summed E-state index contributed by atoms with van der Waals surface area (Å²) in [6.45, 7) is 3.27. The maximum Gasteiger partial charge on any atom is 0.197 e. The zero-order valence-corrected chi connectivity index (χ0v) is 15.6. The molecule has 1 saturated heterocycles. The molecule has 1 fully saturated rings. The number of aliphatic hydroxyl groups is 1. The highest BCUT2D eigenvalue weighted by atomic mass is 79.9. The molecular weight excluding hydrogens is 380 g/mol. The van der Waals surface area contributed by atoms with E-state index in [9.17, 15) is 9.90 Å². The number of hydrogen-bond donors (Lipinski definition) is 1. The third-order valence-corrected chi connectivity index (χ3v) is 5.64. The predicted octanol–water partition coefficient (Wildman–Crippen LogP) is 3.37. The monoisotopic (exact) mass is 400 g/mol. The van der Waals surface area contributed by atoms with E-state index in [1.54, 1.807) is 0 Å². The summed E-state index contributed by atoms with van der Waals surface area (Å²) in [5.74, 6) is 0. The van der Waals surface area contributed by atoms with Gasteiger partial charge in [-0.3, -0.25) is 4.79 Å². The molecule has 0 saturated carbocycles. The zero-order chi connectivity index (χ0) is 17.4. The van der Waals surface area contributed by atoms with Crippen molar-refractivity contribution in [1.82, 2.24) is 9.47 Å². The van der Waals surface area contributed by atoms with Crippen LogP contribution in [0.15, 0.2) is 51.7 Å². The van der Waals surface area contributed by atoms with Gasteiger partial charge in [0.05, 0.1) is 23.7 Å². The number of halogens is 1. The lowest BCUT2D eigenvalue weighted by atomic mass is 10.1. The second-order valence-electron chi connectivity index (χ2n) is 6.75. The number of hydrogen-bond acceptors (Lipinski definition) is 3. The number of nitrogens with zero attached hydrogens (tertiary/aromatic N) is 2. The number of fused-ring (bicyclic) bond motifs is 2. The van der Waals surface area contributed by atoms with Gasteiger partial charge in [-0.2, -0.15) is 0 Å². The summed E-state index contributed by atoms with van der Waals surface area (Å²) in [6, 6.07) is 13.3. The third kappa shape index (κ3) is 3.12. The lowest BCUT2D eigenvalue weighted by Gasteiger charge is -2.23. The Labute approximate surface area is 154 Å². The van der Waals surface area contributed by atoms with E-state index >= 15 is 0 Å². The van der Waals surface area contributed by atoms with Gasteiger partial charge in [0.1, 0.15) is 0 Å². The minimum Gasteiger partial charge on any atom is -0.390 e. The summed E-state index contributed by atoms with van der Waals surface area (Å²) >= 11 is 3.59. The molecule has 0 radical (unpaired) electrons. The molecule has 1 atom stereocenters. The molecule has 1 aliphatic heterocycles. The van der Waals surface area contributed by atoms with E-state index in [-0.39, 0.29) is 5.43 Å². The van der Waals surface area contributed by atoms with Crippen molar-refractivity contribution >= 4 is 37.7 Å². The van der Waals surface area contributed by atoms with E-state index in [0.717, 1.165) is 28.6 Å². The number of aromatic nitrogens is 1. The Morgan fingerprint density at radius 1 is 1.00 bits per heavy atom. The number of aliphatic hydroxyl groups excluding tert-OH is 1. The normalized spacial score (nSPS) is 16.7. The van der Waals surface area contributed by atoms with E-state index < -0.39 is 6.10 Å². The maximum atomic E-state index is 12.9. The topological polar surface area (TPSA) is 45.5 Å². The maximum absolute atomic E-state index is 12.9. The number of para-hydroxylation sites is 2. The van der Waals surface area contributed by atoms with Crippen molar-refractivity contribution in [2.45, 2.75) is 25.5 Å². The smallest absolute Gasteiger partial charge is 0.197 e. The van der Waals surface area contributed by atoms with Crippen LogP contribution in [0.25, 0.3) is 21.8 Å². The minimum atomic E-state index is -0.473. The van der Waals surface area contributed by atoms with Gasteiger partial charge in [0.15, 0.2) is 5.43 Å². The van der Waals surface area contributed by atoms with Crippen LogP contribution >= 0.6 is 15.9 Å². The average molecular weight is 401 g/mol. The summed E-state index contributed by atoms with van der Waals surface area (Å²) in [4.78, 5) is 15.2. The Balaban J connectivity index is 1.85. The van der Waals surface area contributed by atoms with Crippen molar-refractivity contribution in [3.63, 3.8) is 0 Å². The molecule has 130 valence electrons. The standard InChI is InChI=1S/C20H21BrN2O2/c21-17-8-5-7-16-19(17)23(13-14(24)12-22-10-3-4-11-22)18-9-2-1-6-15(18)20(16)25/h1-2,5-9,14,24H,3-4,10-13H2. The van der Waals surface area contributed by atoms with Crippen molar-refractivity contribution in [1.29, 1.82) is 0 Å². The summed E-state index contributed by atoms with van der Waals surface area (Å²) in [5, 5.41) is 12.1. The number of benzene rings is 2. The lowest BCUT2D eigenvalue weighted by molar-refractivity contribution is 0.111. The molecule has 5 heteroatoms. The Morgan fingerprint density at radius 2 is 1.72 bits per heavy atom. The van der Waals surface area contributed by atoms with Gasteiger partial charge >= 0.3 is 0 Å². The fourth-order valence-electron chi connectivity index (χ4n) is 3.86. The van der Waals surface area contributed by atoms with Crippen molar-refractivity contribution in [2.24, 2.45) is 0 Å². The Hall–Kier alpha value is -1.69. The van der Waals surface area contributed by atoms with Gasteiger partial charge < -0.3 is 14.6 Å². The number of rotatable bonds is 4. The molecule has 1 N–H and O–H groups in total. The van der Waals surface area contributed by atoms with Crippen LogP contribution in [0.3, 0.4) is 0 Å². The highest BCUT2D eigenvalue weighted by Crippen LogP contribution is 2.26. The second kappa shape index (κ2) is 6.90. The van der Waals surface area contributed by atoms with E-state index in [4.69, 9.17) is 0 Å². The Kier molecular flexibility index (Phi) is 4.63. The quantitative estimate of drug-likeness (QED) is 0.682. The van der Waals surface area contributed by atoms with Crippen molar-refractivity contribution in [2.75, 3.05) is 19.6 Å². The zero-order valence-electron chi connectivity index (χ0n) is 14.0. The van der Waals surface area contributed by atoms with E-state index in [1.807, 2.05) is 42.5 Å². The van der Waals surface area contributed by atoms with Crippen LogP contribution in [-0.2, 0) is 6.54 Å². The number of β-amino-alcohol motifs (C(OH)–C–C–N with tert-alkyl or cyclic N) is 1. The Bertz CT molecular complexity index is 976. The molecule has 2 heterocycles. The fourth-order valence-corrected chi connectivity index (χ4v) is 4.44. The molecule has 25 heavy (non-hydrogen) atoms. The van der Waals surface area contributed by atoms with Gasteiger partial charge in [-0.05, 0) is 66.1 Å². The molecule has 1 aliphatic rings. The molecular formula is C20H21BrN2O2. The summed E-state index contributed by atoms with van der Waals surface area (Å²) in [5.41, 5.74) is 1.76. The van der Waals surface area contributed by atoms with Crippen LogP contribution < -0.4 is 5.43 Å². The highest BCUT2D eigenvalue weighted by molar-refractivity contribution is 9.10. The summed E-state index contributed by atoms with van der Waals surface area (Å²) in [6.07, 6.45) is 1.95. The minimum absolute atomic E-state index is 0.0391. The summed E-state index contributed by atoms with van der Waals surface area (Å²) in [7, 11) is 0. The van der Waals surface area contributed by atoms with Gasteiger partial charge in [-0.25, -0.2) is 0 Å². The van der Waals surface area contributed by atoms with Crippen LogP contribution in [0.2, 0.25) is 0 Å². The molecule has 0 spiro atoms. The first kappa shape index (κ1) is 16.8. The first-order chi connectivity index (χ1) is 12.1. The van der Waals surface area contributed by atoms with Crippen molar-refractivity contribution in [3.05, 3.63) is 57.2 Å². The molecule has 0 amide bonds. The first-order valence-electron chi connectivity index (χ1n) is 8.75. The first-order valence-corrected chi connectivity index (χ1v) is 9.54. The Morgan fingerprint density at radius 3 is 2.52 bits per heavy atom. The molecule has 4 rings (SSSR count). The lowest BCUT2D eigenvalue weighted by Crippen LogP contribution is -2.33. The van der Waals surface area contributed by atoms with Gasteiger partial charge in [0.2, 0.25) is 0 Å². The molecule has 0 aliphatic carbocycles.